The fourth-order valence-electron chi connectivity index (χ4n) is 3.79. The Bertz CT molecular complexity index is 575. The second-order valence-corrected chi connectivity index (χ2v) is 7.26. The van der Waals surface area contributed by atoms with Gasteiger partial charge in [-0.25, -0.2) is 4.98 Å². The SMILES string of the molecule is COc1ccc(CNC(=O)[C@@H]2CC[C@H](N)CN(C3CCOCC3)C2)cn1. The molecule has 2 fully saturated rings. The van der Waals surface area contributed by atoms with Crippen molar-refractivity contribution in [3.8, 4) is 5.88 Å². The van der Waals surface area contributed by atoms with E-state index in [4.69, 9.17) is 15.2 Å². The molecule has 0 bridgehead atoms. The third-order valence-corrected chi connectivity index (χ3v) is 5.36. The number of likely N-dealkylation sites (tertiary alicyclic amines) is 1. The molecule has 0 spiro atoms. The number of nitrogens with zero attached hydrogens (tertiary/aromatic N) is 2. The lowest BCUT2D eigenvalue weighted by atomic mass is 10.0. The van der Waals surface area contributed by atoms with E-state index in [-0.39, 0.29) is 17.9 Å². The van der Waals surface area contributed by atoms with E-state index >= 15 is 0 Å². The summed E-state index contributed by atoms with van der Waals surface area (Å²) in [6, 6.07) is 4.35. The number of ether oxygens (including phenoxy) is 2. The Kier molecular flexibility index (Phi) is 6.82. The quantitative estimate of drug-likeness (QED) is 0.810. The maximum absolute atomic E-state index is 12.7. The monoisotopic (exact) mass is 362 g/mol. The zero-order chi connectivity index (χ0) is 18.4. The largest absolute Gasteiger partial charge is 0.481 e. The predicted molar refractivity (Wildman–Crippen MR) is 98.7 cm³/mol. The lowest BCUT2D eigenvalue weighted by Crippen LogP contribution is -2.47. The van der Waals surface area contributed by atoms with Crippen LogP contribution in [0.1, 0.15) is 31.2 Å². The molecule has 0 aliphatic carbocycles. The molecule has 2 aliphatic rings. The summed E-state index contributed by atoms with van der Waals surface area (Å²) in [4.78, 5) is 19.3. The average molecular weight is 362 g/mol. The van der Waals surface area contributed by atoms with Gasteiger partial charge in [-0.2, -0.15) is 0 Å². The van der Waals surface area contributed by atoms with Crippen molar-refractivity contribution in [1.82, 2.24) is 15.2 Å². The minimum atomic E-state index is -0.0161. The van der Waals surface area contributed by atoms with Gasteiger partial charge in [0.15, 0.2) is 0 Å². The molecule has 1 aromatic heterocycles. The molecule has 2 atom stereocenters. The highest BCUT2D eigenvalue weighted by molar-refractivity contribution is 5.78. The summed E-state index contributed by atoms with van der Waals surface area (Å²) in [5.41, 5.74) is 7.23. The van der Waals surface area contributed by atoms with Gasteiger partial charge in [0.2, 0.25) is 11.8 Å². The number of hydrogen-bond donors (Lipinski definition) is 2. The molecule has 3 N–H and O–H groups in total. The Morgan fingerprint density at radius 1 is 1.31 bits per heavy atom. The lowest BCUT2D eigenvalue weighted by molar-refractivity contribution is -0.126. The molecule has 144 valence electrons. The van der Waals surface area contributed by atoms with E-state index in [2.05, 4.69) is 15.2 Å². The van der Waals surface area contributed by atoms with Crippen molar-refractivity contribution in [2.75, 3.05) is 33.4 Å². The van der Waals surface area contributed by atoms with Gasteiger partial charge < -0.3 is 20.5 Å². The molecule has 3 heterocycles. The van der Waals surface area contributed by atoms with Gasteiger partial charge in [-0.3, -0.25) is 9.69 Å². The Morgan fingerprint density at radius 3 is 2.81 bits per heavy atom. The number of carbonyl (C=O) groups excluding carboxylic acids is 1. The van der Waals surface area contributed by atoms with Crippen molar-refractivity contribution in [1.29, 1.82) is 0 Å². The average Bonchev–Trinajstić information content (AvgIpc) is 2.89. The number of aromatic nitrogens is 1. The number of methoxy groups -OCH3 is 1. The number of nitrogens with two attached hydrogens (primary N) is 1. The van der Waals surface area contributed by atoms with Crippen molar-refractivity contribution in [2.24, 2.45) is 11.7 Å². The molecular weight excluding hydrogens is 332 g/mol. The third kappa shape index (κ3) is 5.16. The van der Waals surface area contributed by atoms with Gasteiger partial charge in [-0.05, 0) is 31.2 Å². The summed E-state index contributed by atoms with van der Waals surface area (Å²) >= 11 is 0. The lowest BCUT2D eigenvalue weighted by Gasteiger charge is -2.35. The zero-order valence-electron chi connectivity index (χ0n) is 15.5. The van der Waals surface area contributed by atoms with Gasteiger partial charge in [-0.15, -0.1) is 0 Å². The van der Waals surface area contributed by atoms with Crippen molar-refractivity contribution >= 4 is 5.91 Å². The van der Waals surface area contributed by atoms with Crippen LogP contribution in [0.25, 0.3) is 0 Å². The van der Waals surface area contributed by atoms with Gasteiger partial charge in [0, 0.05) is 57.2 Å². The first-order chi connectivity index (χ1) is 12.7. The number of amides is 1. The molecule has 0 aromatic carbocycles. The van der Waals surface area contributed by atoms with Gasteiger partial charge in [0.05, 0.1) is 13.0 Å². The second-order valence-electron chi connectivity index (χ2n) is 7.26. The van der Waals surface area contributed by atoms with Gasteiger partial charge in [0.25, 0.3) is 0 Å². The van der Waals surface area contributed by atoms with Gasteiger partial charge in [0.1, 0.15) is 0 Å². The first-order valence-corrected chi connectivity index (χ1v) is 9.49. The number of rotatable bonds is 5. The summed E-state index contributed by atoms with van der Waals surface area (Å²) in [6.45, 7) is 3.74. The maximum atomic E-state index is 12.7. The maximum Gasteiger partial charge on any atom is 0.224 e. The first kappa shape index (κ1) is 19.1. The molecule has 7 nitrogen and oxygen atoms in total. The molecule has 2 aliphatic heterocycles. The van der Waals surface area contributed by atoms with E-state index in [1.807, 2.05) is 6.07 Å². The van der Waals surface area contributed by atoms with Crippen LogP contribution in [-0.2, 0) is 16.1 Å². The number of nitrogens with one attached hydrogen (secondary N) is 1. The minimum absolute atomic E-state index is 0.0161. The van der Waals surface area contributed by atoms with E-state index in [0.717, 1.165) is 57.6 Å². The highest BCUT2D eigenvalue weighted by Crippen LogP contribution is 2.22. The smallest absolute Gasteiger partial charge is 0.224 e. The Hall–Kier alpha value is -1.70. The van der Waals surface area contributed by atoms with E-state index in [9.17, 15) is 4.79 Å². The number of carbonyl (C=O) groups is 1. The van der Waals surface area contributed by atoms with Crippen molar-refractivity contribution in [2.45, 2.75) is 44.3 Å². The Morgan fingerprint density at radius 2 is 2.12 bits per heavy atom. The molecular formula is C19H30N4O3. The highest BCUT2D eigenvalue weighted by Gasteiger charge is 2.31. The van der Waals surface area contributed by atoms with E-state index < -0.39 is 0 Å². The van der Waals surface area contributed by atoms with Crippen LogP contribution in [0.15, 0.2) is 18.3 Å². The fraction of sp³-hybridized carbons (Fsp3) is 0.684. The molecule has 1 amide bonds. The van der Waals surface area contributed by atoms with Crippen LogP contribution < -0.4 is 15.8 Å². The minimum Gasteiger partial charge on any atom is -0.481 e. The number of pyridine rings is 1. The summed E-state index contributed by atoms with van der Waals surface area (Å²) in [7, 11) is 1.59. The summed E-state index contributed by atoms with van der Waals surface area (Å²) in [5.74, 6) is 0.662. The molecule has 26 heavy (non-hydrogen) atoms. The van der Waals surface area contributed by atoms with Crippen molar-refractivity contribution < 1.29 is 14.3 Å². The third-order valence-electron chi connectivity index (χ3n) is 5.36. The first-order valence-electron chi connectivity index (χ1n) is 9.49. The highest BCUT2D eigenvalue weighted by atomic mass is 16.5. The van der Waals surface area contributed by atoms with Crippen LogP contribution in [0, 0.1) is 5.92 Å². The normalized spacial score (nSPS) is 25.5. The number of hydrogen-bond acceptors (Lipinski definition) is 6. The van der Waals surface area contributed by atoms with E-state index in [1.54, 1.807) is 19.4 Å². The molecule has 3 rings (SSSR count). The molecule has 0 radical (unpaired) electrons. The summed E-state index contributed by atoms with van der Waals surface area (Å²) in [6.07, 6.45) is 5.52. The Labute approximate surface area is 155 Å². The van der Waals surface area contributed by atoms with Crippen LogP contribution in [0.3, 0.4) is 0 Å². The van der Waals surface area contributed by atoms with Crippen molar-refractivity contribution in [3.63, 3.8) is 0 Å². The predicted octanol–water partition coefficient (Wildman–Crippen LogP) is 0.925. The van der Waals surface area contributed by atoms with Crippen LogP contribution >= 0.6 is 0 Å². The van der Waals surface area contributed by atoms with Crippen LogP contribution in [0.5, 0.6) is 5.88 Å². The van der Waals surface area contributed by atoms with Crippen LogP contribution in [0.2, 0.25) is 0 Å². The molecule has 7 heteroatoms. The van der Waals surface area contributed by atoms with Crippen LogP contribution in [0.4, 0.5) is 0 Å². The van der Waals surface area contributed by atoms with Crippen LogP contribution in [-0.4, -0.2) is 61.3 Å². The van der Waals surface area contributed by atoms with Gasteiger partial charge >= 0.3 is 0 Å². The second kappa shape index (κ2) is 9.30. The van der Waals surface area contributed by atoms with Crippen molar-refractivity contribution in [3.05, 3.63) is 23.9 Å². The van der Waals surface area contributed by atoms with E-state index in [1.165, 1.54) is 0 Å². The molecule has 1 aromatic rings. The molecule has 0 saturated carbocycles. The summed E-state index contributed by atoms with van der Waals surface area (Å²) in [5, 5.41) is 3.06. The summed E-state index contributed by atoms with van der Waals surface area (Å²) < 4.78 is 10.5. The van der Waals surface area contributed by atoms with E-state index in [0.29, 0.717) is 18.5 Å². The fourth-order valence-corrected chi connectivity index (χ4v) is 3.79. The standard InChI is InChI=1S/C19H30N4O3/c1-25-18-5-2-14(10-21-18)11-22-19(24)15-3-4-16(20)13-23(12-15)17-6-8-26-9-7-17/h2,5,10,15-17H,3-4,6-9,11-13,20H2,1H3,(H,22,24)/t15-,16+/m1/s1. The molecule has 2 saturated heterocycles. The van der Waals surface area contributed by atoms with Gasteiger partial charge in [-0.1, -0.05) is 6.07 Å². The zero-order valence-corrected chi connectivity index (χ0v) is 15.5. The molecule has 0 unspecified atom stereocenters. The topological polar surface area (TPSA) is 89.7 Å². The Balaban J connectivity index is 1.55.